The largest absolute Gasteiger partial charge is 0.573 e. The highest BCUT2D eigenvalue weighted by Crippen LogP contribution is 2.24. The molecule has 3 rings (SSSR count). The summed E-state index contributed by atoms with van der Waals surface area (Å²) >= 11 is 0. The fourth-order valence-electron chi connectivity index (χ4n) is 3.46. The van der Waals surface area contributed by atoms with Crippen LogP contribution < -0.4 is 15.7 Å². The topological polar surface area (TPSA) is 88.9 Å². The monoisotopic (exact) mass is 476 g/mol. The minimum Gasteiger partial charge on any atom is -0.423 e. The molecule has 10 heteroatoms. The van der Waals surface area contributed by atoms with Gasteiger partial charge in [0.2, 0.25) is 11.8 Å². The number of likely N-dealkylation sites (N-methyl/N-ethyl adjacent to an activating group) is 1. The van der Waals surface area contributed by atoms with E-state index in [1.165, 1.54) is 24.1 Å². The molecule has 0 bridgehead atoms. The molecular weight excluding hydrogens is 453 g/mol. The summed E-state index contributed by atoms with van der Waals surface area (Å²) in [5.74, 6) is -1.30. The minimum atomic E-state index is -4.81. The van der Waals surface area contributed by atoms with E-state index in [0.29, 0.717) is 11.1 Å². The third kappa shape index (κ3) is 6.37. The van der Waals surface area contributed by atoms with Gasteiger partial charge in [-0.1, -0.05) is 12.1 Å². The zero-order valence-corrected chi connectivity index (χ0v) is 18.8. The van der Waals surface area contributed by atoms with Crippen molar-refractivity contribution in [3.05, 3.63) is 69.6 Å². The molecule has 2 amide bonds. The van der Waals surface area contributed by atoms with Crippen molar-refractivity contribution >= 4 is 28.5 Å². The summed E-state index contributed by atoms with van der Waals surface area (Å²) in [6.45, 7) is 3.42. The van der Waals surface area contributed by atoms with Crippen LogP contribution in [0.5, 0.6) is 5.75 Å². The van der Waals surface area contributed by atoms with Crippen LogP contribution in [0.15, 0.2) is 51.7 Å². The van der Waals surface area contributed by atoms with Crippen LogP contribution in [0, 0.1) is 13.8 Å². The lowest BCUT2D eigenvalue weighted by molar-refractivity contribution is -0.274. The van der Waals surface area contributed by atoms with Crippen LogP contribution in [0.4, 0.5) is 18.9 Å². The molecule has 1 N–H and O–H groups in total. The maximum atomic E-state index is 12.5. The maximum absolute atomic E-state index is 12.5. The number of halogens is 3. The Morgan fingerprint density at radius 3 is 2.41 bits per heavy atom. The number of rotatable bonds is 7. The molecule has 7 nitrogen and oxygen atoms in total. The zero-order valence-electron chi connectivity index (χ0n) is 18.8. The molecule has 0 fully saturated rings. The maximum Gasteiger partial charge on any atom is 0.573 e. The van der Waals surface area contributed by atoms with Gasteiger partial charge < -0.3 is 19.4 Å². The molecule has 1 heterocycles. The van der Waals surface area contributed by atoms with Crippen molar-refractivity contribution in [1.82, 2.24) is 4.90 Å². The molecule has 0 saturated carbocycles. The minimum absolute atomic E-state index is 0.00374. The van der Waals surface area contributed by atoms with E-state index in [-0.39, 0.29) is 31.0 Å². The Morgan fingerprint density at radius 1 is 1.09 bits per heavy atom. The van der Waals surface area contributed by atoms with E-state index < -0.39 is 23.6 Å². The number of hydrogen-bond donors (Lipinski definition) is 1. The van der Waals surface area contributed by atoms with Crippen molar-refractivity contribution < 1.29 is 31.9 Å². The van der Waals surface area contributed by atoms with E-state index in [9.17, 15) is 27.6 Å². The van der Waals surface area contributed by atoms with Crippen LogP contribution in [0.3, 0.4) is 0 Å². The second kappa shape index (κ2) is 9.98. The fourth-order valence-corrected chi connectivity index (χ4v) is 3.46. The molecule has 1 aromatic heterocycles. The normalized spacial score (nSPS) is 11.4. The molecular formula is C24H23F3N2O5. The Labute approximate surface area is 193 Å². The summed E-state index contributed by atoms with van der Waals surface area (Å²) in [4.78, 5) is 38.3. The number of amides is 2. The van der Waals surface area contributed by atoms with E-state index in [1.54, 1.807) is 13.0 Å². The third-order valence-corrected chi connectivity index (χ3v) is 5.21. The average molecular weight is 476 g/mol. The number of carbonyl (C=O) groups is 2. The van der Waals surface area contributed by atoms with E-state index in [0.717, 1.165) is 28.6 Å². The van der Waals surface area contributed by atoms with Crippen molar-refractivity contribution in [2.75, 3.05) is 18.9 Å². The van der Waals surface area contributed by atoms with Crippen LogP contribution >= 0.6 is 0 Å². The number of fused-ring (bicyclic) bond motifs is 1. The number of carbonyl (C=O) groups excluding carboxylic acids is 2. The highest BCUT2D eigenvalue weighted by atomic mass is 19.4. The SMILES string of the molecule is Cc1ccc2c(C)c(CCC(=O)N(C)CC(=O)Nc3ccc(OC(F)(F)F)cc3)c(=O)oc2c1. The van der Waals surface area contributed by atoms with Crippen LogP contribution in [-0.4, -0.2) is 36.7 Å². The molecule has 0 aliphatic heterocycles. The van der Waals surface area contributed by atoms with Crippen LogP contribution in [0.1, 0.15) is 23.1 Å². The first-order valence-corrected chi connectivity index (χ1v) is 10.4. The van der Waals surface area contributed by atoms with Gasteiger partial charge in [-0.25, -0.2) is 4.79 Å². The lowest BCUT2D eigenvalue weighted by Gasteiger charge is -2.17. The molecule has 180 valence electrons. The standard InChI is InChI=1S/C24H23F3N2O5/c1-14-4-9-18-15(2)19(23(32)33-20(18)12-14)10-11-22(31)29(3)13-21(30)28-16-5-7-17(8-6-16)34-24(25,26)27/h4-9,12H,10-11,13H2,1-3H3,(H,28,30). The van der Waals surface area contributed by atoms with E-state index in [1.807, 2.05) is 19.1 Å². The van der Waals surface area contributed by atoms with E-state index in [2.05, 4.69) is 10.1 Å². The fraction of sp³-hybridized carbons (Fsp3) is 0.292. The van der Waals surface area contributed by atoms with Crippen molar-refractivity contribution in [2.24, 2.45) is 0 Å². The number of nitrogens with zero attached hydrogens (tertiary/aromatic N) is 1. The lowest BCUT2D eigenvalue weighted by atomic mass is 10.0. The first-order chi connectivity index (χ1) is 15.9. The molecule has 2 aromatic carbocycles. The Hall–Kier alpha value is -3.82. The smallest absolute Gasteiger partial charge is 0.423 e. The second-order valence-electron chi connectivity index (χ2n) is 7.86. The molecule has 0 aliphatic rings. The number of hydrogen-bond acceptors (Lipinski definition) is 5. The van der Waals surface area contributed by atoms with E-state index >= 15 is 0 Å². The van der Waals surface area contributed by atoms with Gasteiger partial charge in [0.25, 0.3) is 0 Å². The predicted molar refractivity (Wildman–Crippen MR) is 120 cm³/mol. The van der Waals surface area contributed by atoms with Gasteiger partial charge in [-0.2, -0.15) is 0 Å². The summed E-state index contributed by atoms with van der Waals surface area (Å²) in [6.07, 6.45) is -4.65. The number of ether oxygens (including phenoxy) is 1. The van der Waals surface area contributed by atoms with Gasteiger partial charge in [-0.3, -0.25) is 9.59 Å². The first-order valence-electron chi connectivity index (χ1n) is 10.4. The molecule has 0 atom stereocenters. The Morgan fingerprint density at radius 2 is 1.76 bits per heavy atom. The molecule has 34 heavy (non-hydrogen) atoms. The Balaban J connectivity index is 1.56. The van der Waals surface area contributed by atoms with Gasteiger partial charge >= 0.3 is 12.0 Å². The Kier molecular flexibility index (Phi) is 7.29. The molecule has 0 aliphatic carbocycles. The predicted octanol–water partition coefficient (Wildman–Crippen LogP) is 4.34. The number of nitrogens with one attached hydrogen (secondary N) is 1. The first kappa shape index (κ1) is 24.8. The molecule has 0 radical (unpaired) electrons. The van der Waals surface area contributed by atoms with Gasteiger partial charge in [-0.15, -0.1) is 13.2 Å². The van der Waals surface area contributed by atoms with Crippen molar-refractivity contribution in [1.29, 1.82) is 0 Å². The van der Waals surface area contributed by atoms with Gasteiger partial charge in [0.15, 0.2) is 0 Å². The highest BCUT2D eigenvalue weighted by molar-refractivity contribution is 5.94. The van der Waals surface area contributed by atoms with Crippen LogP contribution in [0.25, 0.3) is 11.0 Å². The second-order valence-corrected chi connectivity index (χ2v) is 7.86. The van der Waals surface area contributed by atoms with Crippen molar-refractivity contribution in [3.63, 3.8) is 0 Å². The van der Waals surface area contributed by atoms with Gasteiger partial charge in [0, 0.05) is 30.1 Å². The van der Waals surface area contributed by atoms with Crippen LogP contribution in [-0.2, 0) is 16.0 Å². The summed E-state index contributed by atoms with van der Waals surface area (Å²) in [5, 5.41) is 3.30. The van der Waals surface area contributed by atoms with Gasteiger partial charge in [-0.05, 0) is 61.7 Å². The summed E-state index contributed by atoms with van der Waals surface area (Å²) < 4.78 is 45.8. The number of anilines is 1. The number of benzene rings is 2. The summed E-state index contributed by atoms with van der Waals surface area (Å²) in [7, 11) is 1.45. The molecule has 0 unspecified atom stereocenters. The highest BCUT2D eigenvalue weighted by Gasteiger charge is 2.31. The quantitative estimate of drug-likeness (QED) is 0.513. The summed E-state index contributed by atoms with van der Waals surface area (Å²) in [6, 6.07) is 10.2. The Bertz CT molecular complexity index is 1270. The molecule has 0 saturated heterocycles. The van der Waals surface area contributed by atoms with Crippen LogP contribution in [0.2, 0.25) is 0 Å². The average Bonchev–Trinajstić information content (AvgIpc) is 2.73. The number of aryl methyl sites for hydroxylation is 2. The third-order valence-electron chi connectivity index (χ3n) is 5.21. The van der Waals surface area contributed by atoms with Gasteiger partial charge in [0.05, 0.1) is 6.54 Å². The van der Waals surface area contributed by atoms with E-state index in [4.69, 9.17) is 4.42 Å². The van der Waals surface area contributed by atoms with Gasteiger partial charge in [0.1, 0.15) is 11.3 Å². The lowest BCUT2D eigenvalue weighted by Crippen LogP contribution is -2.35. The van der Waals surface area contributed by atoms with Crippen molar-refractivity contribution in [2.45, 2.75) is 33.1 Å². The zero-order chi connectivity index (χ0) is 25.0. The molecule has 0 spiro atoms. The number of alkyl halides is 3. The van der Waals surface area contributed by atoms with Crippen molar-refractivity contribution in [3.8, 4) is 5.75 Å². The summed E-state index contributed by atoms with van der Waals surface area (Å²) in [5.41, 5.74) is 2.36. The molecule has 3 aromatic rings.